The molecule has 1 aromatic rings. The van der Waals surface area contributed by atoms with Gasteiger partial charge in [-0.2, -0.15) is 0 Å². The maximum absolute atomic E-state index is 4.21. The Morgan fingerprint density at radius 1 is 1.53 bits per heavy atom. The van der Waals surface area contributed by atoms with Crippen molar-refractivity contribution >= 4 is 0 Å². The fourth-order valence-corrected chi connectivity index (χ4v) is 1.59. The minimum atomic E-state index is 0.307. The van der Waals surface area contributed by atoms with Gasteiger partial charge in [0.05, 0.1) is 6.04 Å². The molecule has 0 radical (unpaired) electrons. The molecule has 0 amide bonds. The summed E-state index contributed by atoms with van der Waals surface area (Å²) in [5, 5.41) is 3.45. The first-order valence-electron chi connectivity index (χ1n) is 5.44. The molecule has 1 unspecified atom stereocenters. The molecule has 0 aliphatic rings. The van der Waals surface area contributed by atoms with Crippen LogP contribution in [-0.4, -0.2) is 11.5 Å². The lowest BCUT2D eigenvalue weighted by Crippen LogP contribution is -2.19. The molecule has 0 aliphatic carbocycles. The Balaban J connectivity index is 2.93. The predicted molar refractivity (Wildman–Crippen MR) is 64.8 cm³/mol. The zero-order valence-electron chi connectivity index (χ0n) is 10.0. The SMILES string of the molecule is CCNC(C=C(C)C)c1ccnc(C)c1. The van der Waals surface area contributed by atoms with E-state index in [1.165, 1.54) is 11.1 Å². The van der Waals surface area contributed by atoms with Crippen molar-refractivity contribution < 1.29 is 0 Å². The summed E-state index contributed by atoms with van der Waals surface area (Å²) in [7, 11) is 0. The van der Waals surface area contributed by atoms with Crippen molar-refractivity contribution in [2.24, 2.45) is 0 Å². The highest BCUT2D eigenvalue weighted by Crippen LogP contribution is 2.16. The highest BCUT2D eigenvalue weighted by atomic mass is 14.9. The molecule has 1 aromatic heterocycles. The second-order valence-electron chi connectivity index (χ2n) is 4.01. The molecule has 0 bridgehead atoms. The van der Waals surface area contributed by atoms with Gasteiger partial charge in [-0.15, -0.1) is 0 Å². The quantitative estimate of drug-likeness (QED) is 0.763. The summed E-state index contributed by atoms with van der Waals surface area (Å²) in [5.74, 6) is 0. The highest BCUT2D eigenvalue weighted by Gasteiger charge is 2.06. The van der Waals surface area contributed by atoms with E-state index in [0.717, 1.165) is 12.2 Å². The number of nitrogens with one attached hydrogen (secondary N) is 1. The van der Waals surface area contributed by atoms with Crippen LogP contribution >= 0.6 is 0 Å². The molecular formula is C13H20N2. The van der Waals surface area contributed by atoms with Gasteiger partial charge in [-0.05, 0) is 45.0 Å². The predicted octanol–water partition coefficient (Wildman–Crippen LogP) is 3.01. The molecule has 0 saturated heterocycles. The summed E-state index contributed by atoms with van der Waals surface area (Å²) < 4.78 is 0. The number of hydrogen-bond donors (Lipinski definition) is 1. The Labute approximate surface area is 92.4 Å². The van der Waals surface area contributed by atoms with Gasteiger partial charge < -0.3 is 5.32 Å². The third-order valence-corrected chi connectivity index (χ3v) is 2.20. The summed E-state index contributed by atoms with van der Waals surface area (Å²) in [5.41, 5.74) is 3.68. The van der Waals surface area contributed by atoms with Crippen molar-refractivity contribution in [3.63, 3.8) is 0 Å². The van der Waals surface area contributed by atoms with Crippen molar-refractivity contribution in [1.82, 2.24) is 10.3 Å². The molecule has 2 nitrogen and oxygen atoms in total. The van der Waals surface area contributed by atoms with Crippen molar-refractivity contribution in [2.75, 3.05) is 6.54 Å². The molecule has 15 heavy (non-hydrogen) atoms. The van der Waals surface area contributed by atoms with Crippen molar-refractivity contribution in [3.8, 4) is 0 Å². The van der Waals surface area contributed by atoms with E-state index in [0.29, 0.717) is 6.04 Å². The maximum Gasteiger partial charge on any atom is 0.0509 e. The first-order valence-corrected chi connectivity index (χ1v) is 5.44. The smallest absolute Gasteiger partial charge is 0.0509 e. The molecule has 0 spiro atoms. The van der Waals surface area contributed by atoms with Gasteiger partial charge in [0.2, 0.25) is 0 Å². The molecular weight excluding hydrogens is 184 g/mol. The number of rotatable bonds is 4. The molecule has 2 heteroatoms. The summed E-state index contributed by atoms with van der Waals surface area (Å²) in [6, 6.07) is 4.51. The van der Waals surface area contributed by atoms with E-state index in [2.05, 4.69) is 49.3 Å². The normalized spacial score (nSPS) is 12.3. The van der Waals surface area contributed by atoms with Crippen molar-refractivity contribution in [3.05, 3.63) is 41.2 Å². The van der Waals surface area contributed by atoms with E-state index in [4.69, 9.17) is 0 Å². The number of allylic oxidation sites excluding steroid dienone is 1. The van der Waals surface area contributed by atoms with E-state index in [1.807, 2.05) is 13.1 Å². The van der Waals surface area contributed by atoms with E-state index < -0.39 is 0 Å². The Bertz CT molecular complexity index is 338. The molecule has 1 rings (SSSR count). The van der Waals surface area contributed by atoms with Crippen molar-refractivity contribution in [1.29, 1.82) is 0 Å². The van der Waals surface area contributed by atoms with Crippen LogP contribution in [0.25, 0.3) is 0 Å². The summed E-state index contributed by atoms with van der Waals surface area (Å²) in [6.45, 7) is 9.36. The topological polar surface area (TPSA) is 24.9 Å². The second kappa shape index (κ2) is 5.66. The number of likely N-dealkylation sites (N-methyl/N-ethyl adjacent to an activating group) is 1. The molecule has 82 valence electrons. The van der Waals surface area contributed by atoms with E-state index in [9.17, 15) is 0 Å². The zero-order chi connectivity index (χ0) is 11.3. The molecule has 1 atom stereocenters. The average molecular weight is 204 g/mol. The third-order valence-electron chi connectivity index (χ3n) is 2.20. The summed E-state index contributed by atoms with van der Waals surface area (Å²) in [4.78, 5) is 4.21. The lowest BCUT2D eigenvalue weighted by Gasteiger charge is -2.15. The Morgan fingerprint density at radius 3 is 2.80 bits per heavy atom. The maximum atomic E-state index is 4.21. The van der Waals surface area contributed by atoms with Crippen LogP contribution in [-0.2, 0) is 0 Å². The van der Waals surface area contributed by atoms with Crippen LogP contribution in [0.2, 0.25) is 0 Å². The largest absolute Gasteiger partial charge is 0.307 e. The summed E-state index contributed by atoms with van der Waals surface area (Å²) >= 11 is 0. The Morgan fingerprint density at radius 2 is 2.27 bits per heavy atom. The van der Waals surface area contributed by atoms with Crippen LogP contribution in [0.1, 0.15) is 38.1 Å². The number of nitrogens with zero attached hydrogens (tertiary/aromatic N) is 1. The van der Waals surface area contributed by atoms with Gasteiger partial charge in [0, 0.05) is 11.9 Å². The molecule has 0 aliphatic heterocycles. The van der Waals surface area contributed by atoms with Crippen LogP contribution < -0.4 is 5.32 Å². The highest BCUT2D eigenvalue weighted by molar-refractivity contribution is 5.24. The zero-order valence-corrected chi connectivity index (χ0v) is 10.0. The van der Waals surface area contributed by atoms with Gasteiger partial charge in [0.25, 0.3) is 0 Å². The van der Waals surface area contributed by atoms with Gasteiger partial charge in [-0.3, -0.25) is 4.98 Å². The van der Waals surface area contributed by atoms with E-state index >= 15 is 0 Å². The monoisotopic (exact) mass is 204 g/mol. The first-order chi connectivity index (χ1) is 7.13. The lowest BCUT2D eigenvalue weighted by atomic mass is 10.1. The molecule has 1 N–H and O–H groups in total. The molecule has 0 fully saturated rings. The molecule has 0 aromatic carbocycles. The minimum Gasteiger partial charge on any atom is -0.307 e. The van der Waals surface area contributed by atoms with Gasteiger partial charge in [-0.1, -0.05) is 18.6 Å². The third kappa shape index (κ3) is 3.84. The standard InChI is InChI=1S/C13H20N2/c1-5-14-13(8-10(2)3)12-6-7-15-11(4)9-12/h6-9,13-14H,5H2,1-4H3. The number of hydrogen-bond acceptors (Lipinski definition) is 2. The summed E-state index contributed by atoms with van der Waals surface area (Å²) in [6.07, 6.45) is 4.12. The lowest BCUT2D eigenvalue weighted by molar-refractivity contribution is 0.643. The number of aryl methyl sites for hydroxylation is 1. The van der Waals surface area contributed by atoms with Gasteiger partial charge in [0.1, 0.15) is 0 Å². The Kier molecular flexibility index (Phi) is 4.50. The van der Waals surface area contributed by atoms with Crippen LogP contribution in [0.4, 0.5) is 0 Å². The average Bonchev–Trinajstić information content (AvgIpc) is 2.16. The molecule has 1 heterocycles. The fourth-order valence-electron chi connectivity index (χ4n) is 1.59. The van der Waals surface area contributed by atoms with Gasteiger partial charge in [-0.25, -0.2) is 0 Å². The van der Waals surface area contributed by atoms with Crippen LogP contribution in [0.15, 0.2) is 30.0 Å². The first kappa shape index (κ1) is 11.9. The number of aromatic nitrogens is 1. The second-order valence-corrected chi connectivity index (χ2v) is 4.01. The minimum absolute atomic E-state index is 0.307. The van der Waals surface area contributed by atoms with Gasteiger partial charge >= 0.3 is 0 Å². The van der Waals surface area contributed by atoms with Crippen LogP contribution in [0.5, 0.6) is 0 Å². The Hall–Kier alpha value is -1.15. The van der Waals surface area contributed by atoms with E-state index in [1.54, 1.807) is 0 Å². The van der Waals surface area contributed by atoms with Gasteiger partial charge in [0.15, 0.2) is 0 Å². The molecule has 0 saturated carbocycles. The fraction of sp³-hybridized carbons (Fsp3) is 0.462. The van der Waals surface area contributed by atoms with Crippen LogP contribution in [0, 0.1) is 6.92 Å². The number of pyridine rings is 1. The van der Waals surface area contributed by atoms with Crippen LogP contribution in [0.3, 0.4) is 0 Å². The van der Waals surface area contributed by atoms with Crippen molar-refractivity contribution in [2.45, 2.75) is 33.7 Å². The van der Waals surface area contributed by atoms with E-state index in [-0.39, 0.29) is 0 Å².